The number of pyridine rings is 1. The average Bonchev–Trinajstić information content (AvgIpc) is 2.63. The van der Waals surface area contributed by atoms with Crippen LogP contribution in [0.1, 0.15) is 11.1 Å². The van der Waals surface area contributed by atoms with Crippen LogP contribution in [0.25, 0.3) is 11.3 Å². The highest BCUT2D eigenvalue weighted by atomic mass is 19.4. The molecule has 0 saturated heterocycles. The van der Waals surface area contributed by atoms with Crippen LogP contribution < -0.4 is 10.6 Å². The van der Waals surface area contributed by atoms with E-state index in [0.717, 1.165) is 11.6 Å². The second-order valence-corrected chi connectivity index (χ2v) is 5.55. The Morgan fingerprint density at radius 3 is 2.50 bits per heavy atom. The van der Waals surface area contributed by atoms with Crippen molar-refractivity contribution < 1.29 is 13.2 Å². The number of aromatic nitrogens is 3. The van der Waals surface area contributed by atoms with Crippen molar-refractivity contribution in [1.29, 1.82) is 0 Å². The van der Waals surface area contributed by atoms with Gasteiger partial charge in [0, 0.05) is 36.8 Å². The van der Waals surface area contributed by atoms with E-state index in [-0.39, 0.29) is 5.56 Å². The fraction of sp³-hybridized carbons (Fsp3) is 0.167. The Bertz CT molecular complexity index is 910. The van der Waals surface area contributed by atoms with E-state index in [1.165, 1.54) is 13.0 Å². The zero-order valence-electron chi connectivity index (χ0n) is 14.1. The van der Waals surface area contributed by atoms with Crippen LogP contribution in [0.4, 0.5) is 30.6 Å². The van der Waals surface area contributed by atoms with Gasteiger partial charge in [0.05, 0.1) is 11.3 Å². The Morgan fingerprint density at radius 1 is 1.04 bits per heavy atom. The zero-order chi connectivity index (χ0) is 18.7. The maximum absolute atomic E-state index is 13.1. The second-order valence-electron chi connectivity index (χ2n) is 5.55. The summed E-state index contributed by atoms with van der Waals surface area (Å²) in [5.74, 6) is 0.726. The van der Waals surface area contributed by atoms with Crippen LogP contribution in [0.2, 0.25) is 0 Å². The van der Waals surface area contributed by atoms with Crippen molar-refractivity contribution >= 4 is 17.5 Å². The molecule has 5 nitrogen and oxygen atoms in total. The highest BCUT2D eigenvalue weighted by molar-refractivity contribution is 5.68. The first-order valence-electron chi connectivity index (χ1n) is 7.79. The predicted molar refractivity (Wildman–Crippen MR) is 94.3 cm³/mol. The van der Waals surface area contributed by atoms with Gasteiger partial charge in [-0.2, -0.15) is 18.2 Å². The Labute approximate surface area is 148 Å². The summed E-state index contributed by atoms with van der Waals surface area (Å²) in [4.78, 5) is 12.7. The summed E-state index contributed by atoms with van der Waals surface area (Å²) < 4.78 is 39.3. The molecular weight excluding hydrogens is 343 g/mol. The van der Waals surface area contributed by atoms with Crippen molar-refractivity contribution in [3.8, 4) is 11.3 Å². The van der Waals surface area contributed by atoms with Crippen molar-refractivity contribution in [1.82, 2.24) is 15.0 Å². The van der Waals surface area contributed by atoms with Crippen molar-refractivity contribution in [3.05, 3.63) is 59.9 Å². The summed E-state index contributed by atoms with van der Waals surface area (Å²) in [6, 6.07) is 9.28. The molecule has 26 heavy (non-hydrogen) atoms. The lowest BCUT2D eigenvalue weighted by molar-refractivity contribution is -0.138. The minimum Gasteiger partial charge on any atom is -0.357 e. The lowest BCUT2D eigenvalue weighted by atomic mass is 10.1. The van der Waals surface area contributed by atoms with Crippen molar-refractivity contribution in [2.75, 3.05) is 17.7 Å². The Hall–Kier alpha value is -3.16. The van der Waals surface area contributed by atoms with E-state index in [9.17, 15) is 13.2 Å². The molecule has 3 rings (SSSR count). The summed E-state index contributed by atoms with van der Waals surface area (Å²) in [5, 5.41) is 5.81. The van der Waals surface area contributed by atoms with E-state index in [2.05, 4.69) is 25.6 Å². The highest BCUT2D eigenvalue weighted by Gasteiger charge is 2.32. The van der Waals surface area contributed by atoms with Crippen molar-refractivity contribution in [2.45, 2.75) is 13.1 Å². The standard InChI is InChI=1S/C18H16F3N5/c1-11-13(18(19,20)21)6-3-7-14(11)24-16-9-15(25-17(22-2)26-16)12-5-4-8-23-10-12/h3-10H,1-2H3,(H2,22,24,25,26). The van der Waals surface area contributed by atoms with E-state index in [0.29, 0.717) is 23.1 Å². The fourth-order valence-electron chi connectivity index (χ4n) is 2.50. The van der Waals surface area contributed by atoms with E-state index in [1.807, 2.05) is 6.07 Å². The average molecular weight is 359 g/mol. The van der Waals surface area contributed by atoms with E-state index in [1.54, 1.807) is 37.6 Å². The number of benzene rings is 1. The third-order valence-corrected chi connectivity index (χ3v) is 3.81. The number of nitrogens with zero attached hydrogens (tertiary/aromatic N) is 3. The van der Waals surface area contributed by atoms with Gasteiger partial charge in [-0.1, -0.05) is 6.07 Å². The van der Waals surface area contributed by atoms with Gasteiger partial charge in [-0.15, -0.1) is 0 Å². The van der Waals surface area contributed by atoms with Gasteiger partial charge in [0.25, 0.3) is 0 Å². The molecule has 0 aliphatic heterocycles. The summed E-state index contributed by atoms with van der Waals surface area (Å²) in [6.45, 7) is 1.42. The summed E-state index contributed by atoms with van der Waals surface area (Å²) in [5.41, 5.74) is 1.13. The van der Waals surface area contributed by atoms with Crippen LogP contribution in [0.3, 0.4) is 0 Å². The molecule has 134 valence electrons. The molecule has 2 aromatic heterocycles. The van der Waals surface area contributed by atoms with Crippen LogP contribution in [0.5, 0.6) is 0 Å². The Balaban J connectivity index is 2.01. The zero-order valence-corrected chi connectivity index (χ0v) is 14.1. The van der Waals surface area contributed by atoms with Crippen molar-refractivity contribution in [2.24, 2.45) is 0 Å². The van der Waals surface area contributed by atoms with E-state index >= 15 is 0 Å². The first-order valence-corrected chi connectivity index (χ1v) is 7.79. The third kappa shape index (κ3) is 3.74. The molecule has 0 amide bonds. The minimum absolute atomic E-state index is 0.104. The summed E-state index contributed by atoms with van der Waals surface area (Å²) >= 11 is 0. The Kier molecular flexibility index (Phi) is 4.75. The van der Waals surface area contributed by atoms with Crippen molar-refractivity contribution in [3.63, 3.8) is 0 Å². The van der Waals surface area contributed by atoms with Gasteiger partial charge in [-0.25, -0.2) is 4.98 Å². The number of rotatable bonds is 4. The summed E-state index contributed by atoms with van der Waals surface area (Å²) in [7, 11) is 1.67. The molecule has 0 aliphatic carbocycles. The second kappa shape index (κ2) is 6.99. The van der Waals surface area contributed by atoms with Gasteiger partial charge in [0.2, 0.25) is 5.95 Å². The molecule has 0 atom stereocenters. The van der Waals surface area contributed by atoms with Gasteiger partial charge in [-0.05, 0) is 36.8 Å². The monoisotopic (exact) mass is 359 g/mol. The normalized spacial score (nSPS) is 11.3. The largest absolute Gasteiger partial charge is 0.416 e. The molecule has 0 bridgehead atoms. The first-order chi connectivity index (χ1) is 12.4. The maximum Gasteiger partial charge on any atom is 0.416 e. The first kappa shape index (κ1) is 17.7. The SMILES string of the molecule is CNc1nc(Nc2cccc(C(F)(F)F)c2C)cc(-c2cccnc2)n1. The van der Waals surface area contributed by atoms with Crippen LogP contribution in [0.15, 0.2) is 48.8 Å². The van der Waals surface area contributed by atoms with Gasteiger partial charge < -0.3 is 10.6 Å². The van der Waals surface area contributed by atoms with Crippen LogP contribution in [-0.2, 0) is 6.18 Å². The molecule has 0 fully saturated rings. The molecule has 3 aromatic rings. The molecule has 0 unspecified atom stereocenters. The topological polar surface area (TPSA) is 62.7 Å². The number of anilines is 3. The number of hydrogen-bond donors (Lipinski definition) is 2. The molecule has 0 aliphatic rings. The molecule has 2 N–H and O–H groups in total. The molecule has 0 saturated carbocycles. The number of nitrogens with one attached hydrogen (secondary N) is 2. The molecular formula is C18H16F3N5. The lowest BCUT2D eigenvalue weighted by Gasteiger charge is -2.15. The molecule has 0 spiro atoms. The third-order valence-electron chi connectivity index (χ3n) is 3.81. The van der Waals surface area contributed by atoms with Gasteiger partial charge >= 0.3 is 6.18 Å². The molecule has 0 radical (unpaired) electrons. The van der Waals surface area contributed by atoms with Crippen LogP contribution in [-0.4, -0.2) is 22.0 Å². The lowest BCUT2D eigenvalue weighted by Crippen LogP contribution is -2.09. The molecule has 8 heteroatoms. The van der Waals surface area contributed by atoms with Gasteiger partial charge in [0.15, 0.2) is 0 Å². The number of halogens is 3. The number of hydrogen-bond acceptors (Lipinski definition) is 5. The van der Waals surface area contributed by atoms with E-state index < -0.39 is 11.7 Å². The highest BCUT2D eigenvalue weighted by Crippen LogP contribution is 2.35. The smallest absolute Gasteiger partial charge is 0.357 e. The van der Waals surface area contributed by atoms with Crippen LogP contribution >= 0.6 is 0 Å². The van der Waals surface area contributed by atoms with E-state index in [4.69, 9.17) is 0 Å². The van der Waals surface area contributed by atoms with Gasteiger partial charge in [0.1, 0.15) is 5.82 Å². The van der Waals surface area contributed by atoms with Gasteiger partial charge in [-0.3, -0.25) is 4.98 Å². The maximum atomic E-state index is 13.1. The summed E-state index contributed by atoms with van der Waals surface area (Å²) in [6.07, 6.45) is -1.11. The molecule has 1 aromatic carbocycles. The quantitative estimate of drug-likeness (QED) is 0.710. The fourth-order valence-corrected chi connectivity index (χ4v) is 2.50. The van der Waals surface area contributed by atoms with Crippen LogP contribution in [0, 0.1) is 6.92 Å². The molecule has 2 heterocycles. The predicted octanol–water partition coefficient (Wildman–Crippen LogP) is 4.65. The number of alkyl halides is 3. The minimum atomic E-state index is -4.41. The Morgan fingerprint density at radius 2 is 1.85 bits per heavy atom.